The number of carbonyl (C=O) groups is 2. The summed E-state index contributed by atoms with van der Waals surface area (Å²) in [7, 11) is 0. The van der Waals surface area contributed by atoms with Gasteiger partial charge in [-0.2, -0.15) is 4.68 Å². The van der Waals surface area contributed by atoms with Crippen LogP contribution in [0.1, 0.15) is 27.2 Å². The zero-order valence-corrected chi connectivity index (χ0v) is 13.1. The Morgan fingerprint density at radius 1 is 1.48 bits per heavy atom. The van der Waals surface area contributed by atoms with E-state index in [2.05, 4.69) is 5.10 Å². The standard InChI is InChI=1S/C13H18N4O6/c1-12(2,3)23-11(20)15-7-13(8-15,6-10(18)19)16-5-4-9(14-16)17(21)22/h4-5H,6-8H2,1-3H3,(H,18,19). The average Bonchev–Trinajstić information content (AvgIpc) is 2.80. The molecule has 0 bridgehead atoms. The highest BCUT2D eigenvalue weighted by atomic mass is 16.6. The number of likely N-dealkylation sites (tertiary alicyclic amines) is 1. The Morgan fingerprint density at radius 3 is 2.52 bits per heavy atom. The molecule has 1 aliphatic rings. The molecule has 1 fully saturated rings. The summed E-state index contributed by atoms with van der Waals surface area (Å²) in [4.78, 5) is 34.5. The molecule has 10 heteroatoms. The Hall–Kier alpha value is -2.65. The molecular formula is C13H18N4O6. The average molecular weight is 326 g/mol. The number of nitro groups is 1. The summed E-state index contributed by atoms with van der Waals surface area (Å²) in [5, 5.41) is 23.6. The van der Waals surface area contributed by atoms with Gasteiger partial charge in [-0.05, 0) is 25.7 Å². The van der Waals surface area contributed by atoms with Crippen molar-refractivity contribution >= 4 is 17.9 Å². The lowest BCUT2D eigenvalue weighted by Crippen LogP contribution is -2.65. The van der Waals surface area contributed by atoms with Crippen molar-refractivity contribution < 1.29 is 24.4 Å². The number of aromatic nitrogens is 2. The van der Waals surface area contributed by atoms with Gasteiger partial charge in [-0.25, -0.2) is 4.79 Å². The molecule has 2 heterocycles. The number of hydrogen-bond donors (Lipinski definition) is 1. The summed E-state index contributed by atoms with van der Waals surface area (Å²) in [6, 6.07) is 1.19. The maximum atomic E-state index is 12.0. The van der Waals surface area contributed by atoms with Crippen LogP contribution in [0.2, 0.25) is 0 Å². The third-order valence-corrected chi connectivity index (χ3v) is 3.35. The van der Waals surface area contributed by atoms with Crippen LogP contribution in [-0.2, 0) is 15.1 Å². The van der Waals surface area contributed by atoms with Gasteiger partial charge in [0.25, 0.3) is 0 Å². The molecule has 1 saturated heterocycles. The zero-order valence-electron chi connectivity index (χ0n) is 13.1. The van der Waals surface area contributed by atoms with Crippen molar-refractivity contribution in [2.24, 2.45) is 0 Å². The van der Waals surface area contributed by atoms with Gasteiger partial charge < -0.3 is 24.9 Å². The van der Waals surface area contributed by atoms with E-state index in [0.29, 0.717) is 0 Å². The van der Waals surface area contributed by atoms with Gasteiger partial charge >= 0.3 is 17.9 Å². The lowest BCUT2D eigenvalue weighted by Gasteiger charge is -2.47. The van der Waals surface area contributed by atoms with E-state index in [1.165, 1.54) is 21.8 Å². The second kappa shape index (κ2) is 5.52. The molecule has 10 nitrogen and oxygen atoms in total. The van der Waals surface area contributed by atoms with Gasteiger partial charge in [-0.3, -0.25) is 4.79 Å². The maximum absolute atomic E-state index is 12.0. The van der Waals surface area contributed by atoms with Crippen LogP contribution in [0, 0.1) is 10.1 Å². The topological polar surface area (TPSA) is 128 Å². The Morgan fingerprint density at radius 2 is 2.09 bits per heavy atom. The van der Waals surface area contributed by atoms with Gasteiger partial charge in [0.2, 0.25) is 0 Å². The van der Waals surface area contributed by atoms with Crippen LogP contribution >= 0.6 is 0 Å². The highest BCUT2D eigenvalue weighted by molar-refractivity contribution is 5.72. The van der Waals surface area contributed by atoms with Crippen molar-refractivity contribution in [1.29, 1.82) is 0 Å². The number of ether oxygens (including phenoxy) is 1. The number of carbonyl (C=O) groups excluding carboxylic acids is 1. The molecule has 0 unspecified atom stereocenters. The van der Waals surface area contributed by atoms with E-state index in [9.17, 15) is 19.7 Å². The minimum Gasteiger partial charge on any atom is -0.481 e. The second-order valence-corrected chi connectivity index (χ2v) is 6.51. The number of aliphatic carboxylic acids is 1. The SMILES string of the molecule is CC(C)(C)OC(=O)N1CC(CC(=O)O)(n2ccc([N+](=O)[O-])n2)C1. The summed E-state index contributed by atoms with van der Waals surface area (Å²) in [6.45, 7) is 5.31. The number of carboxylic acids is 1. The smallest absolute Gasteiger partial charge is 0.410 e. The molecule has 0 aromatic carbocycles. The molecule has 0 spiro atoms. The molecule has 1 aromatic rings. The van der Waals surface area contributed by atoms with E-state index in [0.717, 1.165) is 0 Å². The molecule has 0 radical (unpaired) electrons. The van der Waals surface area contributed by atoms with Gasteiger partial charge in [0.1, 0.15) is 11.1 Å². The van der Waals surface area contributed by atoms with Gasteiger partial charge in [-0.15, -0.1) is 0 Å². The zero-order chi connectivity index (χ0) is 17.4. The predicted molar refractivity (Wildman–Crippen MR) is 76.9 cm³/mol. The van der Waals surface area contributed by atoms with Crippen LogP contribution in [0.4, 0.5) is 10.6 Å². The summed E-state index contributed by atoms with van der Waals surface area (Å²) in [6.07, 6.45) is 0.499. The van der Waals surface area contributed by atoms with Crippen molar-refractivity contribution in [1.82, 2.24) is 14.7 Å². The predicted octanol–water partition coefficient (Wildman–Crippen LogP) is 1.21. The van der Waals surface area contributed by atoms with Crippen LogP contribution in [0.5, 0.6) is 0 Å². The van der Waals surface area contributed by atoms with Crippen molar-refractivity contribution in [3.8, 4) is 0 Å². The fraction of sp³-hybridized carbons (Fsp3) is 0.615. The van der Waals surface area contributed by atoms with Crippen molar-refractivity contribution in [2.75, 3.05) is 13.1 Å². The Balaban J connectivity index is 2.16. The van der Waals surface area contributed by atoms with Gasteiger partial charge in [-0.1, -0.05) is 0 Å². The molecule has 0 aliphatic carbocycles. The molecule has 1 N–H and O–H groups in total. The Labute approximate surface area is 131 Å². The minimum absolute atomic E-state index is 0.0625. The normalized spacial score (nSPS) is 16.6. The van der Waals surface area contributed by atoms with E-state index in [1.54, 1.807) is 20.8 Å². The second-order valence-electron chi connectivity index (χ2n) is 6.51. The first-order valence-corrected chi connectivity index (χ1v) is 6.93. The number of rotatable bonds is 4. The van der Waals surface area contributed by atoms with E-state index in [4.69, 9.17) is 9.84 Å². The van der Waals surface area contributed by atoms with Crippen LogP contribution in [0.3, 0.4) is 0 Å². The van der Waals surface area contributed by atoms with E-state index < -0.39 is 28.1 Å². The molecule has 1 aromatic heterocycles. The third kappa shape index (κ3) is 3.58. The summed E-state index contributed by atoms with van der Waals surface area (Å²) >= 11 is 0. The molecule has 2 rings (SSSR count). The van der Waals surface area contributed by atoms with Gasteiger partial charge in [0, 0.05) is 0 Å². The highest BCUT2D eigenvalue weighted by Crippen LogP contribution is 2.34. The number of hydrogen-bond acceptors (Lipinski definition) is 6. The Kier molecular flexibility index (Phi) is 4.01. The third-order valence-electron chi connectivity index (χ3n) is 3.35. The molecule has 23 heavy (non-hydrogen) atoms. The lowest BCUT2D eigenvalue weighted by molar-refractivity contribution is -0.390. The fourth-order valence-electron chi connectivity index (χ4n) is 2.41. The molecule has 0 atom stereocenters. The molecule has 0 saturated carbocycles. The Bertz CT molecular complexity index is 641. The largest absolute Gasteiger partial charge is 0.481 e. The first kappa shape index (κ1) is 16.7. The number of amides is 1. The molecule has 1 aliphatic heterocycles. The maximum Gasteiger partial charge on any atom is 0.410 e. The number of nitrogens with zero attached hydrogens (tertiary/aromatic N) is 4. The molecule has 1 amide bonds. The van der Waals surface area contributed by atoms with Gasteiger partial charge in [0.15, 0.2) is 0 Å². The van der Waals surface area contributed by atoms with Crippen LogP contribution in [0.25, 0.3) is 0 Å². The highest BCUT2D eigenvalue weighted by Gasteiger charge is 2.52. The summed E-state index contributed by atoms with van der Waals surface area (Å²) in [5.74, 6) is -1.45. The quantitative estimate of drug-likeness (QED) is 0.650. The summed E-state index contributed by atoms with van der Waals surface area (Å²) < 4.78 is 6.47. The van der Waals surface area contributed by atoms with Crippen molar-refractivity contribution in [3.05, 3.63) is 22.4 Å². The van der Waals surface area contributed by atoms with Crippen molar-refractivity contribution in [2.45, 2.75) is 38.3 Å². The van der Waals surface area contributed by atoms with Crippen LogP contribution < -0.4 is 0 Å². The van der Waals surface area contributed by atoms with E-state index >= 15 is 0 Å². The fourth-order valence-corrected chi connectivity index (χ4v) is 2.41. The first-order chi connectivity index (χ1) is 10.5. The number of carboxylic acid groups (broad SMARTS) is 1. The van der Waals surface area contributed by atoms with E-state index in [1.807, 2.05) is 0 Å². The molecule has 126 valence electrons. The van der Waals surface area contributed by atoms with Crippen LogP contribution in [-0.4, -0.2) is 55.5 Å². The monoisotopic (exact) mass is 326 g/mol. The minimum atomic E-state index is -1.08. The van der Waals surface area contributed by atoms with Crippen molar-refractivity contribution in [3.63, 3.8) is 0 Å². The van der Waals surface area contributed by atoms with Gasteiger partial charge in [0.05, 0.1) is 36.9 Å². The summed E-state index contributed by atoms with van der Waals surface area (Å²) in [5.41, 5.74) is -1.66. The molecular weight excluding hydrogens is 308 g/mol. The lowest BCUT2D eigenvalue weighted by atomic mass is 9.86. The van der Waals surface area contributed by atoms with Crippen LogP contribution in [0.15, 0.2) is 12.3 Å². The first-order valence-electron chi connectivity index (χ1n) is 6.93. The van der Waals surface area contributed by atoms with E-state index in [-0.39, 0.29) is 25.3 Å².